The van der Waals surface area contributed by atoms with Gasteiger partial charge in [0.1, 0.15) is 12.4 Å². The normalized spacial score (nSPS) is 11.2. The van der Waals surface area contributed by atoms with Crippen molar-refractivity contribution in [2.24, 2.45) is 0 Å². The Morgan fingerprint density at radius 1 is 0.630 bits per heavy atom. The van der Waals surface area contributed by atoms with E-state index in [2.05, 4.69) is 0 Å². The van der Waals surface area contributed by atoms with Gasteiger partial charge in [0.15, 0.2) is 0 Å². The van der Waals surface area contributed by atoms with Gasteiger partial charge in [-0.25, -0.2) is 0 Å². The average Bonchev–Trinajstić information content (AvgIpc) is 2.70. The average molecular weight is 387 g/mol. The Labute approximate surface area is 161 Å². The van der Waals surface area contributed by atoms with Gasteiger partial charge in [-0.05, 0) is 12.1 Å². The molecule has 27 heavy (non-hydrogen) atoms. The topological polar surface area (TPSA) is 89.9 Å². The second-order valence-electron chi connectivity index (χ2n) is 5.60. The number of rotatable bonds is 19. The van der Waals surface area contributed by atoms with Crippen LogP contribution in [0.15, 0.2) is 30.3 Å². The fourth-order valence-corrected chi connectivity index (χ4v) is 2.11. The zero-order valence-electron chi connectivity index (χ0n) is 16.0. The molecule has 1 aromatic carbocycles. The molecular weight excluding hydrogens is 354 g/mol. The Bertz CT molecular complexity index is 422. The molecule has 0 radical (unpaired) electrons. The van der Waals surface area contributed by atoms with E-state index in [1.54, 1.807) is 0 Å². The van der Waals surface area contributed by atoms with Crippen LogP contribution in [0.4, 0.5) is 0 Å². The van der Waals surface area contributed by atoms with Crippen molar-refractivity contribution < 1.29 is 33.9 Å². The molecule has 0 unspecified atom stereocenters. The van der Waals surface area contributed by atoms with Crippen molar-refractivity contribution in [3.63, 3.8) is 0 Å². The first kappa shape index (κ1) is 23.8. The summed E-state index contributed by atoms with van der Waals surface area (Å²) in [6.45, 7) is 5.50. The first-order chi connectivity index (χ1) is 13.4. The van der Waals surface area contributed by atoms with Gasteiger partial charge in [0.2, 0.25) is 0 Å². The molecule has 156 valence electrons. The fourth-order valence-electron chi connectivity index (χ4n) is 2.11. The Morgan fingerprint density at radius 3 is 1.85 bits per heavy atom. The second-order valence-corrected chi connectivity index (χ2v) is 5.60. The van der Waals surface area contributed by atoms with Gasteiger partial charge in [-0.3, -0.25) is 4.90 Å². The lowest BCUT2D eigenvalue weighted by Gasteiger charge is -2.21. The number of nitrogens with zero attached hydrogens (tertiary/aromatic N) is 1. The summed E-state index contributed by atoms with van der Waals surface area (Å²) in [6.07, 6.45) is 0. The van der Waals surface area contributed by atoms with Crippen molar-refractivity contribution in [3.8, 4) is 5.75 Å². The lowest BCUT2D eigenvalue weighted by Crippen LogP contribution is -2.34. The number of hydrogen-bond donors (Lipinski definition) is 2. The van der Waals surface area contributed by atoms with E-state index in [9.17, 15) is 0 Å². The van der Waals surface area contributed by atoms with Crippen molar-refractivity contribution >= 4 is 0 Å². The number of para-hydroxylation sites is 1. The summed E-state index contributed by atoms with van der Waals surface area (Å²) in [5, 5.41) is 17.5. The summed E-state index contributed by atoms with van der Waals surface area (Å²) in [5.74, 6) is 0.837. The van der Waals surface area contributed by atoms with E-state index in [1.165, 1.54) is 0 Å². The van der Waals surface area contributed by atoms with Gasteiger partial charge in [-0.15, -0.1) is 0 Å². The zero-order valence-corrected chi connectivity index (χ0v) is 16.0. The van der Waals surface area contributed by atoms with Crippen LogP contribution in [0, 0.1) is 0 Å². The standard InChI is InChI=1S/C19H33NO7/c21-8-12-23-10-6-20(18-26-13-9-22)7-11-24-14-15-25-16-17-27-19-4-2-1-3-5-19/h1-5,21-22H,6-18H2. The first-order valence-corrected chi connectivity index (χ1v) is 9.29. The molecule has 8 heteroatoms. The minimum absolute atomic E-state index is 0.00330. The summed E-state index contributed by atoms with van der Waals surface area (Å²) in [4.78, 5) is 2.03. The molecular formula is C19H33NO7. The van der Waals surface area contributed by atoms with Crippen LogP contribution < -0.4 is 4.74 Å². The first-order valence-electron chi connectivity index (χ1n) is 9.29. The molecule has 0 saturated carbocycles. The quantitative estimate of drug-likeness (QED) is 0.260. The molecule has 1 aromatic rings. The molecule has 0 aliphatic carbocycles. The molecule has 0 aromatic heterocycles. The number of benzene rings is 1. The molecule has 0 heterocycles. The summed E-state index contributed by atoms with van der Waals surface area (Å²) in [7, 11) is 0. The van der Waals surface area contributed by atoms with Crippen molar-refractivity contribution in [2.75, 3.05) is 85.9 Å². The van der Waals surface area contributed by atoms with E-state index in [-0.39, 0.29) is 13.2 Å². The number of aliphatic hydroxyl groups is 2. The minimum Gasteiger partial charge on any atom is -0.491 e. The Hall–Kier alpha value is -1.26. The van der Waals surface area contributed by atoms with Crippen molar-refractivity contribution in [3.05, 3.63) is 30.3 Å². The van der Waals surface area contributed by atoms with Crippen LogP contribution in [0.5, 0.6) is 5.75 Å². The summed E-state index contributed by atoms with van der Waals surface area (Å²) in [5.41, 5.74) is 0. The predicted molar refractivity (Wildman–Crippen MR) is 101 cm³/mol. The maximum Gasteiger partial charge on any atom is 0.119 e. The van der Waals surface area contributed by atoms with Crippen LogP contribution in [0.1, 0.15) is 0 Å². The van der Waals surface area contributed by atoms with Crippen LogP contribution in [0.3, 0.4) is 0 Å². The Kier molecular flexibility index (Phi) is 16.0. The van der Waals surface area contributed by atoms with Gasteiger partial charge in [0, 0.05) is 13.1 Å². The highest BCUT2D eigenvalue weighted by atomic mass is 16.5. The zero-order chi connectivity index (χ0) is 19.4. The highest BCUT2D eigenvalue weighted by Gasteiger charge is 2.05. The predicted octanol–water partition coefficient (Wildman–Crippen LogP) is 0.376. The van der Waals surface area contributed by atoms with E-state index in [1.807, 2.05) is 35.2 Å². The fraction of sp³-hybridized carbons (Fsp3) is 0.684. The highest BCUT2D eigenvalue weighted by molar-refractivity contribution is 5.20. The second kappa shape index (κ2) is 18.1. The summed E-state index contributed by atoms with van der Waals surface area (Å²) >= 11 is 0. The van der Waals surface area contributed by atoms with Crippen molar-refractivity contribution in [1.29, 1.82) is 0 Å². The number of hydrogen-bond acceptors (Lipinski definition) is 8. The molecule has 2 N–H and O–H groups in total. The van der Waals surface area contributed by atoms with Gasteiger partial charge < -0.3 is 33.9 Å². The third kappa shape index (κ3) is 14.5. The van der Waals surface area contributed by atoms with Gasteiger partial charge in [0.05, 0.1) is 66.2 Å². The largest absolute Gasteiger partial charge is 0.491 e. The molecule has 0 amide bonds. The van der Waals surface area contributed by atoms with E-state index in [0.717, 1.165) is 5.75 Å². The molecule has 0 aliphatic heterocycles. The number of ether oxygens (including phenoxy) is 5. The van der Waals surface area contributed by atoms with E-state index in [4.69, 9.17) is 33.9 Å². The Morgan fingerprint density at radius 2 is 1.19 bits per heavy atom. The van der Waals surface area contributed by atoms with Crippen molar-refractivity contribution in [2.45, 2.75) is 0 Å². The SMILES string of the molecule is OCCOCCN(CCOCCOCCOc1ccccc1)COCCO. The molecule has 0 fully saturated rings. The van der Waals surface area contributed by atoms with E-state index >= 15 is 0 Å². The smallest absolute Gasteiger partial charge is 0.119 e. The van der Waals surface area contributed by atoms with Crippen LogP contribution in [-0.4, -0.2) is 101 Å². The molecule has 0 saturated heterocycles. The van der Waals surface area contributed by atoms with Crippen LogP contribution in [0.2, 0.25) is 0 Å². The van der Waals surface area contributed by atoms with Crippen molar-refractivity contribution in [1.82, 2.24) is 4.90 Å². The van der Waals surface area contributed by atoms with Gasteiger partial charge >= 0.3 is 0 Å². The van der Waals surface area contributed by atoms with Gasteiger partial charge in [-0.2, -0.15) is 0 Å². The van der Waals surface area contributed by atoms with Gasteiger partial charge in [0.25, 0.3) is 0 Å². The van der Waals surface area contributed by atoms with E-state index < -0.39 is 0 Å². The molecule has 8 nitrogen and oxygen atoms in total. The lowest BCUT2D eigenvalue weighted by atomic mass is 10.3. The molecule has 0 bridgehead atoms. The lowest BCUT2D eigenvalue weighted by molar-refractivity contribution is -0.0225. The van der Waals surface area contributed by atoms with Crippen LogP contribution in [-0.2, 0) is 18.9 Å². The number of aliphatic hydroxyl groups excluding tert-OH is 2. The van der Waals surface area contributed by atoms with E-state index in [0.29, 0.717) is 72.7 Å². The third-order valence-corrected chi connectivity index (χ3v) is 3.46. The molecule has 0 atom stereocenters. The maximum atomic E-state index is 8.78. The molecule has 1 rings (SSSR count). The molecule has 0 spiro atoms. The monoisotopic (exact) mass is 387 g/mol. The highest BCUT2D eigenvalue weighted by Crippen LogP contribution is 2.07. The van der Waals surface area contributed by atoms with Crippen LogP contribution in [0.25, 0.3) is 0 Å². The molecule has 0 aliphatic rings. The third-order valence-electron chi connectivity index (χ3n) is 3.46. The summed E-state index contributed by atoms with van der Waals surface area (Å²) in [6, 6.07) is 9.63. The van der Waals surface area contributed by atoms with Crippen LogP contribution >= 0.6 is 0 Å². The van der Waals surface area contributed by atoms with Gasteiger partial charge in [-0.1, -0.05) is 18.2 Å². The summed E-state index contributed by atoms with van der Waals surface area (Å²) < 4.78 is 27.2. The maximum absolute atomic E-state index is 8.78. The minimum atomic E-state index is -0.00330. The Balaban J connectivity index is 1.98.